The fourth-order valence-corrected chi connectivity index (χ4v) is 2.61. The van der Waals surface area contributed by atoms with Gasteiger partial charge in [0.25, 0.3) is 0 Å². The van der Waals surface area contributed by atoms with Crippen molar-refractivity contribution in [3.8, 4) is 0 Å². The van der Waals surface area contributed by atoms with Gasteiger partial charge in [-0.15, -0.1) is 0 Å². The van der Waals surface area contributed by atoms with Crippen molar-refractivity contribution in [2.45, 2.75) is 6.92 Å². The molecule has 0 atom stereocenters. The monoisotopic (exact) mass is 325 g/mol. The van der Waals surface area contributed by atoms with Crippen LogP contribution in [-0.4, -0.2) is 53.2 Å². The highest BCUT2D eigenvalue weighted by Gasteiger charge is 2.17. The van der Waals surface area contributed by atoms with Crippen molar-refractivity contribution in [1.29, 1.82) is 0 Å². The molecular formula is C17H19N5O2. The molecule has 1 N–H and O–H groups in total. The molecule has 1 fully saturated rings. The Morgan fingerprint density at radius 2 is 1.96 bits per heavy atom. The average Bonchev–Trinajstić information content (AvgIpc) is 2.62. The summed E-state index contributed by atoms with van der Waals surface area (Å²) in [5, 5.41) is 3.20. The first-order chi connectivity index (χ1) is 11.7. The van der Waals surface area contributed by atoms with E-state index in [2.05, 4.69) is 20.2 Å². The van der Waals surface area contributed by atoms with Crippen molar-refractivity contribution >= 4 is 29.5 Å². The summed E-state index contributed by atoms with van der Waals surface area (Å²) in [5.41, 5.74) is 1.46. The van der Waals surface area contributed by atoms with Crippen LogP contribution in [0.2, 0.25) is 0 Å². The Morgan fingerprint density at radius 1 is 1.17 bits per heavy atom. The Kier molecular flexibility index (Phi) is 4.69. The summed E-state index contributed by atoms with van der Waals surface area (Å²) in [6.45, 7) is 4.42. The number of carbonyl (C=O) groups is 2. The number of hydrogen-bond donors (Lipinski definition) is 1. The number of rotatable bonds is 5. The Balaban J connectivity index is 1.73. The lowest BCUT2D eigenvalue weighted by Gasteiger charge is -2.33. The number of aromatic nitrogens is 2. The van der Waals surface area contributed by atoms with Crippen LogP contribution >= 0.6 is 0 Å². The van der Waals surface area contributed by atoms with Gasteiger partial charge in [0.05, 0.1) is 0 Å². The molecule has 24 heavy (non-hydrogen) atoms. The third kappa shape index (κ3) is 3.68. The first kappa shape index (κ1) is 15.9. The molecule has 124 valence electrons. The lowest BCUT2D eigenvalue weighted by Crippen LogP contribution is -2.46. The Hall–Kier alpha value is -2.96. The van der Waals surface area contributed by atoms with E-state index in [9.17, 15) is 9.59 Å². The van der Waals surface area contributed by atoms with Crippen LogP contribution < -0.4 is 10.2 Å². The average molecular weight is 325 g/mol. The van der Waals surface area contributed by atoms with Crippen molar-refractivity contribution in [2.24, 2.45) is 0 Å². The minimum atomic E-state index is 0.0232. The summed E-state index contributed by atoms with van der Waals surface area (Å²) in [6.07, 6.45) is 2.39. The predicted octanol–water partition coefficient (Wildman–Crippen LogP) is 1.70. The van der Waals surface area contributed by atoms with Crippen LogP contribution in [0.3, 0.4) is 0 Å². The Morgan fingerprint density at radius 3 is 2.67 bits per heavy atom. The number of benzene rings is 1. The second-order valence-corrected chi connectivity index (χ2v) is 5.65. The van der Waals surface area contributed by atoms with Gasteiger partial charge in [0.15, 0.2) is 5.78 Å². The molecule has 7 nitrogen and oxygen atoms in total. The molecule has 0 bridgehead atoms. The first-order valence-corrected chi connectivity index (χ1v) is 7.80. The molecule has 1 aliphatic rings. The standard InChI is InChI=1S/C17H19N5O2/c1-13(24)14-3-2-4-15(9-14)20-16-10-17(19-11-18-16)22-7-5-21(12-23)6-8-22/h2-4,9-12H,5-8H2,1H3,(H,18,19,20). The molecule has 2 heterocycles. The quantitative estimate of drug-likeness (QED) is 0.666. The van der Waals surface area contributed by atoms with E-state index < -0.39 is 0 Å². The maximum absolute atomic E-state index is 11.5. The predicted molar refractivity (Wildman–Crippen MR) is 91.6 cm³/mol. The zero-order valence-corrected chi connectivity index (χ0v) is 13.5. The van der Waals surface area contributed by atoms with Gasteiger partial charge < -0.3 is 15.1 Å². The molecule has 3 rings (SSSR count). The van der Waals surface area contributed by atoms with E-state index >= 15 is 0 Å². The molecule has 0 saturated carbocycles. The molecule has 0 unspecified atom stereocenters. The van der Waals surface area contributed by atoms with E-state index in [1.165, 1.54) is 6.33 Å². The van der Waals surface area contributed by atoms with Crippen LogP contribution in [0.5, 0.6) is 0 Å². The lowest BCUT2D eigenvalue weighted by molar-refractivity contribution is -0.118. The van der Waals surface area contributed by atoms with Crippen LogP contribution in [0.15, 0.2) is 36.7 Å². The van der Waals surface area contributed by atoms with Crippen molar-refractivity contribution in [2.75, 3.05) is 36.4 Å². The van der Waals surface area contributed by atoms with Crippen molar-refractivity contribution in [3.05, 3.63) is 42.2 Å². The number of carbonyl (C=O) groups excluding carboxylic acids is 2. The fraction of sp³-hybridized carbons (Fsp3) is 0.294. The normalized spacial score (nSPS) is 14.4. The molecule has 0 spiro atoms. The Labute approximate surface area is 140 Å². The molecule has 1 aromatic carbocycles. The molecule has 1 saturated heterocycles. The van der Waals surface area contributed by atoms with E-state index in [0.29, 0.717) is 24.5 Å². The van der Waals surface area contributed by atoms with Gasteiger partial charge in [-0.3, -0.25) is 9.59 Å². The zero-order valence-electron chi connectivity index (χ0n) is 13.5. The number of hydrogen-bond acceptors (Lipinski definition) is 6. The van der Waals surface area contributed by atoms with Gasteiger partial charge in [0, 0.05) is 43.5 Å². The van der Waals surface area contributed by atoms with Gasteiger partial charge in [-0.25, -0.2) is 9.97 Å². The second kappa shape index (κ2) is 7.08. The van der Waals surface area contributed by atoms with Gasteiger partial charge in [0.1, 0.15) is 18.0 Å². The highest BCUT2D eigenvalue weighted by Crippen LogP contribution is 2.20. The van der Waals surface area contributed by atoms with Crippen LogP contribution in [0.25, 0.3) is 0 Å². The number of amides is 1. The molecule has 0 radical (unpaired) electrons. The van der Waals surface area contributed by atoms with Crippen molar-refractivity contribution in [3.63, 3.8) is 0 Å². The Bertz CT molecular complexity index is 741. The van der Waals surface area contributed by atoms with E-state index in [1.54, 1.807) is 24.0 Å². The highest BCUT2D eigenvalue weighted by atomic mass is 16.1. The third-order valence-corrected chi connectivity index (χ3v) is 3.98. The number of Topliss-reactive ketones (excluding diaryl/α,β-unsaturated/α-hetero) is 1. The van der Waals surface area contributed by atoms with Crippen LogP contribution in [0.4, 0.5) is 17.3 Å². The topological polar surface area (TPSA) is 78.4 Å². The van der Waals surface area contributed by atoms with Gasteiger partial charge in [-0.1, -0.05) is 12.1 Å². The zero-order chi connectivity index (χ0) is 16.9. The third-order valence-electron chi connectivity index (χ3n) is 3.98. The smallest absolute Gasteiger partial charge is 0.209 e. The van der Waals surface area contributed by atoms with Gasteiger partial charge in [0.2, 0.25) is 6.41 Å². The maximum atomic E-state index is 11.5. The lowest BCUT2D eigenvalue weighted by atomic mass is 10.1. The van der Waals surface area contributed by atoms with E-state index in [-0.39, 0.29) is 5.78 Å². The SMILES string of the molecule is CC(=O)c1cccc(Nc2cc(N3CCN(C=O)CC3)ncn2)c1. The van der Waals surface area contributed by atoms with E-state index in [1.807, 2.05) is 18.2 Å². The molecule has 1 aromatic heterocycles. The molecule has 1 aliphatic heterocycles. The molecule has 2 aromatic rings. The van der Waals surface area contributed by atoms with Crippen LogP contribution in [-0.2, 0) is 4.79 Å². The number of nitrogens with one attached hydrogen (secondary N) is 1. The van der Waals surface area contributed by atoms with Crippen molar-refractivity contribution < 1.29 is 9.59 Å². The van der Waals surface area contributed by atoms with Gasteiger partial charge in [-0.2, -0.15) is 0 Å². The summed E-state index contributed by atoms with van der Waals surface area (Å²) >= 11 is 0. The largest absolute Gasteiger partial charge is 0.353 e. The number of ketones is 1. The summed E-state index contributed by atoms with van der Waals surface area (Å²) < 4.78 is 0. The molecular weight excluding hydrogens is 306 g/mol. The maximum Gasteiger partial charge on any atom is 0.209 e. The van der Waals surface area contributed by atoms with Gasteiger partial charge in [-0.05, 0) is 19.1 Å². The van der Waals surface area contributed by atoms with Crippen molar-refractivity contribution in [1.82, 2.24) is 14.9 Å². The summed E-state index contributed by atoms with van der Waals surface area (Å²) in [5.74, 6) is 1.51. The summed E-state index contributed by atoms with van der Waals surface area (Å²) in [7, 11) is 0. The highest BCUT2D eigenvalue weighted by molar-refractivity contribution is 5.95. The molecule has 1 amide bonds. The van der Waals surface area contributed by atoms with Gasteiger partial charge >= 0.3 is 0 Å². The second-order valence-electron chi connectivity index (χ2n) is 5.65. The summed E-state index contributed by atoms with van der Waals surface area (Å²) in [4.78, 5) is 34.7. The molecule has 7 heteroatoms. The van der Waals surface area contributed by atoms with Crippen LogP contribution in [0.1, 0.15) is 17.3 Å². The van der Waals surface area contributed by atoms with E-state index in [0.717, 1.165) is 31.0 Å². The summed E-state index contributed by atoms with van der Waals surface area (Å²) in [6, 6.07) is 9.17. The number of anilines is 3. The minimum absolute atomic E-state index is 0.0232. The first-order valence-electron chi connectivity index (χ1n) is 7.80. The number of nitrogens with zero attached hydrogens (tertiary/aromatic N) is 4. The van der Waals surface area contributed by atoms with Crippen LogP contribution in [0, 0.1) is 0 Å². The molecule has 0 aliphatic carbocycles. The van der Waals surface area contributed by atoms with E-state index in [4.69, 9.17) is 0 Å². The minimum Gasteiger partial charge on any atom is -0.353 e. The fourth-order valence-electron chi connectivity index (χ4n) is 2.61. The number of piperazine rings is 1.